The van der Waals surface area contributed by atoms with Crippen LogP contribution in [0.15, 0.2) is 35.5 Å². The molecule has 6 nitrogen and oxygen atoms in total. The third-order valence-corrected chi connectivity index (χ3v) is 2.96. The third-order valence-electron chi connectivity index (χ3n) is 2.96. The summed E-state index contributed by atoms with van der Waals surface area (Å²) in [4.78, 5) is 11.8. The van der Waals surface area contributed by atoms with Crippen LogP contribution in [0.25, 0.3) is 0 Å². The first-order chi connectivity index (χ1) is 11.2. The topological polar surface area (TPSA) is 110 Å². The van der Waals surface area contributed by atoms with Gasteiger partial charge in [0.2, 0.25) is 0 Å². The van der Waals surface area contributed by atoms with E-state index in [-0.39, 0.29) is 11.3 Å². The Kier molecular flexibility index (Phi) is 7.41. The molecule has 0 aliphatic carbocycles. The molecule has 0 aromatic heterocycles. The van der Waals surface area contributed by atoms with Gasteiger partial charge in [0.1, 0.15) is 23.9 Å². The molecule has 0 unspecified atom stereocenters. The lowest BCUT2D eigenvalue weighted by Crippen LogP contribution is -2.07. The molecule has 1 N–H and O–H groups in total. The number of nitrogens with one attached hydrogen (secondary N) is 1. The van der Waals surface area contributed by atoms with Crippen LogP contribution in [0.1, 0.15) is 36.5 Å². The zero-order valence-corrected chi connectivity index (χ0v) is 12.8. The fraction of sp³-hybridized carbons (Fsp3) is 0.294. The van der Waals surface area contributed by atoms with Gasteiger partial charge < -0.3 is 10.1 Å². The van der Waals surface area contributed by atoms with Crippen molar-refractivity contribution < 1.29 is 9.53 Å². The number of anilines is 1. The van der Waals surface area contributed by atoms with Crippen LogP contribution in [0, 0.1) is 34.0 Å². The van der Waals surface area contributed by atoms with Crippen LogP contribution >= 0.6 is 0 Å². The van der Waals surface area contributed by atoms with E-state index in [0.717, 1.165) is 19.3 Å². The first kappa shape index (κ1) is 17.8. The number of hydrogen-bond donors (Lipinski definition) is 1. The van der Waals surface area contributed by atoms with Crippen molar-refractivity contribution in [3.63, 3.8) is 0 Å². The van der Waals surface area contributed by atoms with Crippen molar-refractivity contribution in [2.75, 3.05) is 11.9 Å². The number of allylic oxidation sites excluding steroid dienone is 2. The first-order valence-corrected chi connectivity index (χ1v) is 7.15. The summed E-state index contributed by atoms with van der Waals surface area (Å²) in [6, 6.07) is 11.3. The molecule has 1 aromatic carbocycles. The summed E-state index contributed by atoms with van der Waals surface area (Å²) in [7, 11) is 0. The summed E-state index contributed by atoms with van der Waals surface area (Å²) in [5.41, 5.74) is 0.458. The van der Waals surface area contributed by atoms with Gasteiger partial charge in [-0.05, 0) is 30.7 Å². The lowest BCUT2D eigenvalue weighted by atomic mass is 10.2. The maximum Gasteiger partial charge on any atom is 0.338 e. The molecule has 0 aliphatic rings. The van der Waals surface area contributed by atoms with Crippen molar-refractivity contribution in [1.82, 2.24) is 0 Å². The molecule has 0 saturated heterocycles. The van der Waals surface area contributed by atoms with Crippen molar-refractivity contribution in [2.24, 2.45) is 0 Å². The molecule has 0 bridgehead atoms. The Hall–Kier alpha value is -3.30. The molecule has 0 atom stereocenters. The van der Waals surface area contributed by atoms with Gasteiger partial charge in [-0.2, -0.15) is 15.8 Å². The van der Waals surface area contributed by atoms with E-state index in [9.17, 15) is 4.79 Å². The van der Waals surface area contributed by atoms with E-state index in [0.29, 0.717) is 17.9 Å². The van der Waals surface area contributed by atoms with E-state index in [2.05, 4.69) is 12.2 Å². The Morgan fingerprint density at radius 1 is 1.09 bits per heavy atom. The molecule has 23 heavy (non-hydrogen) atoms. The monoisotopic (exact) mass is 308 g/mol. The number of benzene rings is 1. The number of carbonyl (C=O) groups excluding carboxylic acids is 1. The maximum absolute atomic E-state index is 11.8. The van der Waals surface area contributed by atoms with Crippen LogP contribution in [-0.4, -0.2) is 12.6 Å². The molecule has 0 fully saturated rings. The van der Waals surface area contributed by atoms with Crippen LogP contribution in [-0.2, 0) is 4.74 Å². The van der Waals surface area contributed by atoms with Gasteiger partial charge in [0.25, 0.3) is 0 Å². The molecule has 1 aromatic rings. The van der Waals surface area contributed by atoms with E-state index in [1.54, 1.807) is 42.5 Å². The Balaban J connectivity index is 2.73. The normalized spacial score (nSPS) is 8.96. The second kappa shape index (κ2) is 9.60. The summed E-state index contributed by atoms with van der Waals surface area (Å²) < 4.78 is 5.14. The van der Waals surface area contributed by atoms with Gasteiger partial charge in [-0.3, -0.25) is 0 Å². The molecule has 116 valence electrons. The Labute approximate surface area is 135 Å². The SMILES string of the molecule is CCCCCOC(=O)c1ccc(NC(C#N)=C(C#N)C#N)cc1. The lowest BCUT2D eigenvalue weighted by molar-refractivity contribution is 0.0498. The van der Waals surface area contributed by atoms with E-state index >= 15 is 0 Å². The zero-order valence-electron chi connectivity index (χ0n) is 12.8. The molecule has 0 aliphatic heterocycles. The van der Waals surface area contributed by atoms with Gasteiger partial charge >= 0.3 is 5.97 Å². The molecule has 0 saturated carbocycles. The van der Waals surface area contributed by atoms with Gasteiger partial charge in [-0.1, -0.05) is 19.8 Å². The fourth-order valence-electron chi connectivity index (χ4n) is 1.72. The first-order valence-electron chi connectivity index (χ1n) is 7.15. The number of hydrogen-bond acceptors (Lipinski definition) is 6. The summed E-state index contributed by atoms with van der Waals surface area (Å²) in [6.07, 6.45) is 2.91. The van der Waals surface area contributed by atoms with Crippen molar-refractivity contribution in [3.05, 3.63) is 41.1 Å². The third kappa shape index (κ3) is 5.53. The average molecular weight is 308 g/mol. The Bertz CT molecular complexity index is 684. The number of ether oxygens (including phenoxy) is 1. The highest BCUT2D eigenvalue weighted by molar-refractivity contribution is 5.89. The van der Waals surface area contributed by atoms with Crippen molar-refractivity contribution in [1.29, 1.82) is 15.8 Å². The van der Waals surface area contributed by atoms with Crippen LogP contribution in [0.3, 0.4) is 0 Å². The second-order valence-electron chi connectivity index (χ2n) is 4.63. The number of rotatable bonds is 7. The minimum Gasteiger partial charge on any atom is -0.462 e. The number of nitrogens with zero attached hydrogens (tertiary/aromatic N) is 3. The molecule has 1 rings (SSSR count). The molecule has 0 radical (unpaired) electrons. The highest BCUT2D eigenvalue weighted by Gasteiger charge is 2.09. The highest BCUT2D eigenvalue weighted by atomic mass is 16.5. The fourth-order valence-corrected chi connectivity index (χ4v) is 1.72. The second-order valence-corrected chi connectivity index (χ2v) is 4.63. The largest absolute Gasteiger partial charge is 0.462 e. The maximum atomic E-state index is 11.8. The van der Waals surface area contributed by atoms with Crippen molar-refractivity contribution >= 4 is 11.7 Å². The molecule has 0 heterocycles. The van der Waals surface area contributed by atoms with Crippen molar-refractivity contribution in [3.8, 4) is 18.2 Å². The van der Waals surface area contributed by atoms with Crippen molar-refractivity contribution in [2.45, 2.75) is 26.2 Å². The zero-order chi connectivity index (χ0) is 17.1. The van der Waals surface area contributed by atoms with Crippen LogP contribution in [0.4, 0.5) is 5.69 Å². The van der Waals surface area contributed by atoms with Gasteiger partial charge in [0.15, 0.2) is 5.57 Å². The van der Waals surface area contributed by atoms with Crippen LogP contribution in [0.2, 0.25) is 0 Å². The average Bonchev–Trinajstić information content (AvgIpc) is 2.59. The highest BCUT2D eigenvalue weighted by Crippen LogP contribution is 2.14. The Morgan fingerprint density at radius 2 is 1.74 bits per heavy atom. The minimum absolute atomic E-state index is 0.134. The number of esters is 1. The summed E-state index contributed by atoms with van der Waals surface area (Å²) in [5, 5.41) is 29.2. The molecule has 0 amide bonds. The number of carbonyl (C=O) groups is 1. The van der Waals surface area contributed by atoms with Crippen LogP contribution in [0.5, 0.6) is 0 Å². The number of unbranched alkanes of at least 4 members (excludes halogenated alkanes) is 2. The molecule has 6 heteroatoms. The van der Waals surface area contributed by atoms with E-state index < -0.39 is 5.97 Å². The predicted molar refractivity (Wildman–Crippen MR) is 83.7 cm³/mol. The van der Waals surface area contributed by atoms with Crippen LogP contribution < -0.4 is 5.32 Å². The molecular weight excluding hydrogens is 292 g/mol. The van der Waals surface area contributed by atoms with E-state index in [4.69, 9.17) is 20.5 Å². The van der Waals surface area contributed by atoms with Gasteiger partial charge in [0.05, 0.1) is 12.2 Å². The summed E-state index contributed by atoms with van der Waals surface area (Å²) in [6.45, 7) is 2.46. The summed E-state index contributed by atoms with van der Waals surface area (Å²) >= 11 is 0. The molecule has 0 spiro atoms. The standard InChI is InChI=1S/C17H16N4O2/c1-2-3-4-9-23-17(22)13-5-7-15(8-6-13)21-16(12-20)14(10-18)11-19/h5-8,21H,2-4,9H2,1H3. The predicted octanol–water partition coefficient (Wildman–Crippen LogP) is 3.27. The van der Waals surface area contributed by atoms with Gasteiger partial charge in [-0.15, -0.1) is 0 Å². The Morgan fingerprint density at radius 3 is 2.26 bits per heavy atom. The van der Waals surface area contributed by atoms with Gasteiger partial charge in [0, 0.05) is 5.69 Å². The van der Waals surface area contributed by atoms with Gasteiger partial charge in [-0.25, -0.2) is 4.79 Å². The quantitative estimate of drug-likeness (QED) is 0.470. The smallest absolute Gasteiger partial charge is 0.338 e. The lowest BCUT2D eigenvalue weighted by Gasteiger charge is -2.07. The van der Waals surface area contributed by atoms with E-state index in [1.807, 2.05) is 0 Å². The molecular formula is C17H16N4O2. The number of nitriles is 3. The van der Waals surface area contributed by atoms with E-state index in [1.165, 1.54) is 0 Å². The minimum atomic E-state index is -0.404. The summed E-state index contributed by atoms with van der Waals surface area (Å²) in [5.74, 6) is -0.404.